The van der Waals surface area contributed by atoms with Crippen LogP contribution >= 0.6 is 0 Å². The fraction of sp³-hybridized carbons (Fsp3) is 0.364. The Kier molecular flexibility index (Phi) is 6.66. The molecule has 28 heavy (non-hydrogen) atoms. The number of benzene rings is 2. The summed E-state index contributed by atoms with van der Waals surface area (Å²) in [7, 11) is 1.61. The first-order valence-electron chi connectivity index (χ1n) is 9.53. The molecule has 1 heterocycles. The minimum Gasteiger partial charge on any atom is -0.496 e. The van der Waals surface area contributed by atoms with E-state index >= 15 is 0 Å². The van der Waals surface area contributed by atoms with Crippen molar-refractivity contribution in [1.29, 1.82) is 0 Å². The predicted octanol–water partition coefficient (Wildman–Crippen LogP) is 2.08. The van der Waals surface area contributed by atoms with E-state index < -0.39 is 0 Å². The molecule has 148 valence electrons. The van der Waals surface area contributed by atoms with Crippen LogP contribution in [-0.2, 0) is 11.3 Å². The van der Waals surface area contributed by atoms with Crippen molar-refractivity contribution in [2.24, 2.45) is 0 Å². The van der Waals surface area contributed by atoms with Crippen molar-refractivity contribution in [3.8, 4) is 5.75 Å². The van der Waals surface area contributed by atoms with Gasteiger partial charge in [0.05, 0.1) is 13.7 Å². The van der Waals surface area contributed by atoms with Gasteiger partial charge in [0.15, 0.2) is 0 Å². The Bertz CT molecular complexity index is 815. The highest BCUT2D eigenvalue weighted by atomic mass is 16.5. The second-order valence-corrected chi connectivity index (χ2v) is 7.02. The van der Waals surface area contributed by atoms with Crippen molar-refractivity contribution in [2.45, 2.75) is 13.5 Å². The average molecular weight is 381 g/mol. The van der Waals surface area contributed by atoms with Gasteiger partial charge in [0.2, 0.25) is 5.91 Å². The molecule has 0 radical (unpaired) electrons. The lowest BCUT2D eigenvalue weighted by Gasteiger charge is -2.34. The lowest BCUT2D eigenvalue weighted by Crippen LogP contribution is -2.51. The summed E-state index contributed by atoms with van der Waals surface area (Å²) in [5.41, 5.74) is 2.72. The van der Waals surface area contributed by atoms with Crippen LogP contribution in [0.15, 0.2) is 48.5 Å². The van der Waals surface area contributed by atoms with Crippen LogP contribution in [0, 0.1) is 6.92 Å². The number of rotatable bonds is 6. The van der Waals surface area contributed by atoms with Crippen LogP contribution in [0.2, 0.25) is 0 Å². The van der Waals surface area contributed by atoms with Gasteiger partial charge in [-0.25, -0.2) is 0 Å². The maximum absolute atomic E-state index is 12.7. The summed E-state index contributed by atoms with van der Waals surface area (Å²) in [5.74, 6) is 0.734. The van der Waals surface area contributed by atoms with Gasteiger partial charge in [-0.15, -0.1) is 0 Å². The van der Waals surface area contributed by atoms with Gasteiger partial charge in [0.25, 0.3) is 5.91 Å². The van der Waals surface area contributed by atoms with Crippen LogP contribution in [0.3, 0.4) is 0 Å². The maximum atomic E-state index is 12.7. The molecule has 0 saturated carbocycles. The third-order valence-corrected chi connectivity index (χ3v) is 5.01. The second kappa shape index (κ2) is 9.37. The largest absolute Gasteiger partial charge is 0.496 e. The molecule has 0 aliphatic carbocycles. The van der Waals surface area contributed by atoms with Gasteiger partial charge in [-0.3, -0.25) is 14.5 Å². The first-order valence-corrected chi connectivity index (χ1v) is 9.53. The topological polar surface area (TPSA) is 61.9 Å². The van der Waals surface area contributed by atoms with E-state index in [0.29, 0.717) is 44.8 Å². The molecule has 0 spiro atoms. The van der Waals surface area contributed by atoms with E-state index in [2.05, 4.69) is 10.2 Å². The maximum Gasteiger partial charge on any atom is 0.254 e. The highest BCUT2D eigenvalue weighted by molar-refractivity contribution is 5.94. The molecule has 2 aromatic rings. The molecule has 1 aliphatic heterocycles. The number of amides is 2. The highest BCUT2D eigenvalue weighted by Crippen LogP contribution is 2.20. The molecule has 1 fully saturated rings. The number of aryl methyl sites for hydroxylation is 1. The normalized spacial score (nSPS) is 14.6. The molecule has 6 heteroatoms. The molecule has 0 bridgehead atoms. The van der Waals surface area contributed by atoms with E-state index in [1.165, 1.54) is 0 Å². The number of hydrogen-bond donors (Lipinski definition) is 1. The Morgan fingerprint density at radius 1 is 1.04 bits per heavy atom. The number of nitrogens with one attached hydrogen (secondary N) is 1. The zero-order valence-electron chi connectivity index (χ0n) is 16.5. The first-order chi connectivity index (χ1) is 13.6. The SMILES string of the molecule is COc1cc(C(=O)N2CCN(CC(=O)NCc3ccccc3)CC2)ccc1C. The fourth-order valence-electron chi connectivity index (χ4n) is 3.30. The summed E-state index contributed by atoms with van der Waals surface area (Å²) < 4.78 is 5.32. The van der Waals surface area contributed by atoms with Crippen LogP contribution in [-0.4, -0.2) is 61.4 Å². The Hall–Kier alpha value is -2.86. The van der Waals surface area contributed by atoms with Crippen molar-refractivity contribution in [1.82, 2.24) is 15.1 Å². The van der Waals surface area contributed by atoms with Crippen LogP contribution in [0.25, 0.3) is 0 Å². The van der Waals surface area contributed by atoms with E-state index in [1.807, 2.05) is 54.3 Å². The van der Waals surface area contributed by atoms with Gasteiger partial charge in [0.1, 0.15) is 5.75 Å². The number of methoxy groups -OCH3 is 1. The van der Waals surface area contributed by atoms with E-state index in [-0.39, 0.29) is 11.8 Å². The van der Waals surface area contributed by atoms with Crippen molar-refractivity contribution < 1.29 is 14.3 Å². The number of hydrogen-bond acceptors (Lipinski definition) is 4. The summed E-state index contributed by atoms with van der Waals surface area (Å²) in [6.07, 6.45) is 0. The molecule has 1 saturated heterocycles. The van der Waals surface area contributed by atoms with Crippen molar-refractivity contribution in [3.05, 3.63) is 65.2 Å². The van der Waals surface area contributed by atoms with E-state index in [4.69, 9.17) is 4.74 Å². The average Bonchev–Trinajstić information content (AvgIpc) is 2.73. The Labute approximate surface area is 166 Å². The zero-order chi connectivity index (χ0) is 19.9. The Balaban J connectivity index is 1.46. The molecule has 1 aliphatic rings. The summed E-state index contributed by atoms with van der Waals surface area (Å²) in [6, 6.07) is 15.4. The minimum absolute atomic E-state index is 0.00600. The predicted molar refractivity (Wildman–Crippen MR) is 108 cm³/mol. The number of piperazine rings is 1. The van der Waals surface area contributed by atoms with E-state index in [9.17, 15) is 9.59 Å². The number of carbonyl (C=O) groups is 2. The van der Waals surface area contributed by atoms with E-state index in [0.717, 1.165) is 16.9 Å². The lowest BCUT2D eigenvalue weighted by molar-refractivity contribution is -0.122. The molecular weight excluding hydrogens is 354 g/mol. The third-order valence-electron chi connectivity index (χ3n) is 5.01. The van der Waals surface area contributed by atoms with Gasteiger partial charge in [0, 0.05) is 38.3 Å². The van der Waals surface area contributed by atoms with Crippen LogP contribution < -0.4 is 10.1 Å². The van der Waals surface area contributed by atoms with Crippen LogP contribution in [0.4, 0.5) is 0 Å². The van der Waals surface area contributed by atoms with Crippen molar-refractivity contribution in [3.63, 3.8) is 0 Å². The van der Waals surface area contributed by atoms with E-state index in [1.54, 1.807) is 13.2 Å². The lowest BCUT2D eigenvalue weighted by atomic mass is 10.1. The quantitative estimate of drug-likeness (QED) is 0.832. The first kappa shape index (κ1) is 19.9. The second-order valence-electron chi connectivity index (χ2n) is 7.02. The van der Waals surface area contributed by atoms with Gasteiger partial charge >= 0.3 is 0 Å². The smallest absolute Gasteiger partial charge is 0.254 e. The van der Waals surface area contributed by atoms with Gasteiger partial charge in [-0.2, -0.15) is 0 Å². The molecular formula is C22H27N3O3. The fourth-order valence-corrected chi connectivity index (χ4v) is 3.30. The van der Waals surface area contributed by atoms with Gasteiger partial charge < -0.3 is 15.0 Å². The van der Waals surface area contributed by atoms with Gasteiger partial charge in [-0.1, -0.05) is 36.4 Å². The van der Waals surface area contributed by atoms with Crippen molar-refractivity contribution in [2.75, 3.05) is 39.8 Å². The number of nitrogens with zero attached hydrogens (tertiary/aromatic N) is 2. The van der Waals surface area contributed by atoms with Crippen molar-refractivity contribution >= 4 is 11.8 Å². The number of ether oxygens (including phenoxy) is 1. The van der Waals surface area contributed by atoms with Gasteiger partial charge in [-0.05, 0) is 30.2 Å². The standard InChI is InChI=1S/C22H27N3O3/c1-17-8-9-19(14-20(17)28-2)22(27)25-12-10-24(11-13-25)16-21(26)23-15-18-6-4-3-5-7-18/h3-9,14H,10-13,15-16H2,1-2H3,(H,23,26). The molecule has 0 atom stereocenters. The molecule has 6 nitrogen and oxygen atoms in total. The summed E-state index contributed by atoms with van der Waals surface area (Å²) in [5, 5.41) is 2.95. The van der Waals surface area contributed by atoms with Crippen LogP contribution in [0.5, 0.6) is 5.75 Å². The molecule has 1 N–H and O–H groups in total. The monoisotopic (exact) mass is 381 g/mol. The summed E-state index contributed by atoms with van der Waals surface area (Å²) in [4.78, 5) is 28.8. The molecule has 3 rings (SSSR count). The third kappa shape index (κ3) is 5.10. The van der Waals surface area contributed by atoms with Crippen LogP contribution in [0.1, 0.15) is 21.5 Å². The molecule has 2 amide bonds. The Morgan fingerprint density at radius 2 is 1.75 bits per heavy atom. The number of carbonyl (C=O) groups excluding carboxylic acids is 2. The molecule has 2 aromatic carbocycles. The minimum atomic E-state index is 0.00600. The Morgan fingerprint density at radius 3 is 2.43 bits per heavy atom. The summed E-state index contributed by atoms with van der Waals surface area (Å²) >= 11 is 0. The molecule has 0 unspecified atom stereocenters. The molecule has 0 aromatic heterocycles. The highest BCUT2D eigenvalue weighted by Gasteiger charge is 2.23. The summed E-state index contributed by atoms with van der Waals surface area (Å²) in [6.45, 7) is 5.44. The zero-order valence-corrected chi connectivity index (χ0v) is 16.5.